The van der Waals surface area contributed by atoms with E-state index in [9.17, 15) is 4.79 Å². The van der Waals surface area contributed by atoms with E-state index in [1.807, 2.05) is 0 Å². The molecule has 1 saturated heterocycles. The third-order valence-electron chi connectivity index (χ3n) is 3.01. The molecule has 0 aromatic carbocycles. The second-order valence-corrected chi connectivity index (χ2v) is 4.40. The van der Waals surface area contributed by atoms with Gasteiger partial charge in [0.25, 0.3) is 0 Å². The maximum Gasteiger partial charge on any atom is 0.354 e. The molecule has 2 N–H and O–H groups in total. The van der Waals surface area contributed by atoms with E-state index in [4.69, 9.17) is 5.11 Å². The molecular weight excluding hydrogens is 232 g/mol. The van der Waals surface area contributed by atoms with E-state index in [0.717, 1.165) is 19.5 Å². The number of aromatic carboxylic acids is 1. The molecule has 0 radical (unpaired) electrons. The van der Waals surface area contributed by atoms with Crippen LogP contribution >= 0.6 is 0 Å². The number of carboxylic acids is 1. The summed E-state index contributed by atoms with van der Waals surface area (Å²) in [7, 11) is 0. The van der Waals surface area contributed by atoms with Crippen LogP contribution in [0.5, 0.6) is 0 Å². The van der Waals surface area contributed by atoms with Crippen LogP contribution in [0.25, 0.3) is 0 Å². The summed E-state index contributed by atoms with van der Waals surface area (Å²) in [6.07, 6.45) is 5.08. The van der Waals surface area contributed by atoms with Crippen molar-refractivity contribution in [1.82, 2.24) is 14.9 Å². The summed E-state index contributed by atoms with van der Waals surface area (Å²) in [5, 5.41) is 11.9. The molecule has 1 aromatic heterocycles. The molecule has 98 valence electrons. The Morgan fingerprint density at radius 3 is 2.94 bits per heavy atom. The fourth-order valence-electron chi connectivity index (χ4n) is 2.07. The molecule has 0 saturated carbocycles. The Morgan fingerprint density at radius 1 is 1.44 bits per heavy atom. The molecule has 0 spiro atoms. The highest BCUT2D eigenvalue weighted by Crippen LogP contribution is 2.07. The smallest absolute Gasteiger partial charge is 0.354 e. The van der Waals surface area contributed by atoms with Gasteiger partial charge in [0.05, 0.1) is 0 Å². The lowest BCUT2D eigenvalue weighted by atomic mass is 10.4. The summed E-state index contributed by atoms with van der Waals surface area (Å²) in [6.45, 7) is 4.24. The van der Waals surface area contributed by atoms with Crippen molar-refractivity contribution in [2.75, 3.05) is 31.5 Å². The Balaban J connectivity index is 1.72. The predicted molar refractivity (Wildman–Crippen MR) is 67.8 cm³/mol. The van der Waals surface area contributed by atoms with Gasteiger partial charge in [-0.2, -0.15) is 0 Å². The van der Waals surface area contributed by atoms with Crippen molar-refractivity contribution in [3.63, 3.8) is 0 Å². The van der Waals surface area contributed by atoms with E-state index in [1.165, 1.54) is 38.2 Å². The topological polar surface area (TPSA) is 78.3 Å². The number of anilines is 1. The number of carbonyl (C=O) groups is 1. The second-order valence-electron chi connectivity index (χ2n) is 4.40. The lowest BCUT2D eigenvalue weighted by Gasteiger charge is -2.14. The predicted octanol–water partition coefficient (Wildman–Crippen LogP) is 1.07. The zero-order valence-electron chi connectivity index (χ0n) is 10.3. The Hall–Kier alpha value is -1.69. The zero-order valence-corrected chi connectivity index (χ0v) is 10.3. The van der Waals surface area contributed by atoms with Crippen molar-refractivity contribution in [2.24, 2.45) is 0 Å². The molecule has 2 rings (SSSR count). The molecule has 0 bridgehead atoms. The number of hydrogen-bond acceptors (Lipinski definition) is 5. The van der Waals surface area contributed by atoms with Crippen molar-refractivity contribution in [2.45, 2.75) is 19.3 Å². The molecule has 0 aliphatic carbocycles. The fourth-order valence-corrected chi connectivity index (χ4v) is 2.07. The van der Waals surface area contributed by atoms with Crippen molar-refractivity contribution in [3.05, 3.63) is 18.0 Å². The van der Waals surface area contributed by atoms with E-state index >= 15 is 0 Å². The average molecular weight is 250 g/mol. The summed E-state index contributed by atoms with van der Waals surface area (Å²) in [4.78, 5) is 21.1. The van der Waals surface area contributed by atoms with Crippen LogP contribution in [0.15, 0.2) is 12.3 Å². The molecule has 2 heterocycles. The number of nitrogens with zero attached hydrogens (tertiary/aromatic N) is 3. The average Bonchev–Trinajstić information content (AvgIpc) is 2.88. The third kappa shape index (κ3) is 3.66. The maximum absolute atomic E-state index is 10.7. The number of nitrogens with one attached hydrogen (secondary N) is 1. The summed E-state index contributed by atoms with van der Waals surface area (Å²) < 4.78 is 0. The van der Waals surface area contributed by atoms with Gasteiger partial charge in [0.2, 0.25) is 5.95 Å². The SMILES string of the molecule is O=C(O)c1ccnc(NCCCN2CCCC2)n1. The molecule has 6 nitrogen and oxygen atoms in total. The van der Waals surface area contributed by atoms with Crippen LogP contribution in [-0.4, -0.2) is 52.1 Å². The highest BCUT2D eigenvalue weighted by Gasteiger charge is 2.10. The van der Waals surface area contributed by atoms with Gasteiger partial charge < -0.3 is 15.3 Å². The number of hydrogen-bond donors (Lipinski definition) is 2. The van der Waals surface area contributed by atoms with E-state index in [1.54, 1.807) is 0 Å². The summed E-state index contributed by atoms with van der Waals surface area (Å²) >= 11 is 0. The molecule has 0 unspecified atom stereocenters. The van der Waals surface area contributed by atoms with E-state index in [-0.39, 0.29) is 5.69 Å². The summed E-state index contributed by atoms with van der Waals surface area (Å²) in [5.74, 6) is -0.645. The van der Waals surface area contributed by atoms with Crippen molar-refractivity contribution >= 4 is 11.9 Å². The van der Waals surface area contributed by atoms with E-state index in [2.05, 4.69) is 20.2 Å². The first-order valence-corrected chi connectivity index (χ1v) is 6.28. The van der Waals surface area contributed by atoms with Gasteiger partial charge in [-0.3, -0.25) is 0 Å². The molecule has 1 aromatic rings. The standard InChI is InChI=1S/C12H18N4O2/c17-11(18)10-4-6-14-12(15-10)13-5-3-9-16-7-1-2-8-16/h4,6H,1-3,5,7-9H2,(H,17,18)(H,13,14,15). The highest BCUT2D eigenvalue weighted by molar-refractivity contribution is 5.85. The molecule has 0 atom stereocenters. The van der Waals surface area contributed by atoms with Crippen LogP contribution in [0.2, 0.25) is 0 Å². The van der Waals surface area contributed by atoms with Gasteiger partial charge in [-0.15, -0.1) is 0 Å². The number of aromatic nitrogens is 2. The van der Waals surface area contributed by atoms with Crippen molar-refractivity contribution < 1.29 is 9.90 Å². The first-order chi connectivity index (χ1) is 8.75. The molecule has 1 fully saturated rings. The number of rotatable bonds is 6. The lowest BCUT2D eigenvalue weighted by Crippen LogP contribution is -2.22. The minimum atomic E-state index is -1.03. The van der Waals surface area contributed by atoms with Gasteiger partial charge in [0.1, 0.15) is 0 Å². The maximum atomic E-state index is 10.7. The Bertz CT molecular complexity index is 405. The monoisotopic (exact) mass is 250 g/mol. The van der Waals surface area contributed by atoms with Gasteiger partial charge in [-0.1, -0.05) is 0 Å². The van der Waals surface area contributed by atoms with Crippen LogP contribution in [-0.2, 0) is 0 Å². The van der Waals surface area contributed by atoms with Crippen LogP contribution in [0.3, 0.4) is 0 Å². The van der Waals surface area contributed by atoms with Crippen molar-refractivity contribution in [3.8, 4) is 0 Å². The van der Waals surface area contributed by atoms with Gasteiger partial charge >= 0.3 is 5.97 Å². The molecule has 1 aliphatic rings. The summed E-state index contributed by atoms with van der Waals surface area (Å²) in [6, 6.07) is 1.39. The molecule has 6 heteroatoms. The third-order valence-corrected chi connectivity index (χ3v) is 3.01. The first-order valence-electron chi connectivity index (χ1n) is 6.28. The van der Waals surface area contributed by atoms with Crippen LogP contribution in [0, 0.1) is 0 Å². The normalized spacial score (nSPS) is 15.8. The molecular formula is C12H18N4O2. The van der Waals surface area contributed by atoms with Crippen LogP contribution < -0.4 is 5.32 Å². The Kier molecular flexibility index (Phi) is 4.46. The van der Waals surface area contributed by atoms with Crippen molar-refractivity contribution in [1.29, 1.82) is 0 Å². The van der Waals surface area contributed by atoms with Gasteiger partial charge in [-0.25, -0.2) is 14.8 Å². The minimum absolute atomic E-state index is 0.0204. The van der Waals surface area contributed by atoms with Crippen LogP contribution in [0.1, 0.15) is 29.8 Å². The van der Waals surface area contributed by atoms with Gasteiger partial charge in [0, 0.05) is 12.7 Å². The highest BCUT2D eigenvalue weighted by atomic mass is 16.4. The Morgan fingerprint density at radius 2 is 2.22 bits per heavy atom. The quantitative estimate of drug-likeness (QED) is 0.735. The molecule has 18 heavy (non-hydrogen) atoms. The first kappa shape index (κ1) is 12.8. The number of likely N-dealkylation sites (tertiary alicyclic amines) is 1. The fraction of sp³-hybridized carbons (Fsp3) is 0.583. The zero-order chi connectivity index (χ0) is 12.8. The summed E-state index contributed by atoms with van der Waals surface area (Å²) in [5.41, 5.74) is 0.0204. The van der Waals surface area contributed by atoms with Crippen LogP contribution in [0.4, 0.5) is 5.95 Å². The Labute approximate surface area is 106 Å². The lowest BCUT2D eigenvalue weighted by molar-refractivity contribution is 0.0690. The molecule has 1 aliphatic heterocycles. The number of carboxylic acid groups (broad SMARTS) is 1. The van der Waals surface area contributed by atoms with Gasteiger partial charge in [0.15, 0.2) is 5.69 Å². The largest absolute Gasteiger partial charge is 0.477 e. The molecule has 0 amide bonds. The van der Waals surface area contributed by atoms with E-state index < -0.39 is 5.97 Å². The van der Waals surface area contributed by atoms with E-state index in [0.29, 0.717) is 5.95 Å². The minimum Gasteiger partial charge on any atom is -0.477 e. The second kappa shape index (κ2) is 6.30. The van der Waals surface area contributed by atoms with Gasteiger partial charge in [-0.05, 0) is 45.0 Å².